The van der Waals surface area contributed by atoms with E-state index < -0.39 is 0 Å². The normalized spacial score (nSPS) is 15.5. The van der Waals surface area contributed by atoms with Crippen molar-refractivity contribution in [2.75, 3.05) is 20.2 Å². The number of hydrogen-bond acceptors (Lipinski definition) is 4. The number of guanidine groups is 1. The Bertz CT molecular complexity index is 390. The van der Waals surface area contributed by atoms with Gasteiger partial charge in [0.25, 0.3) is 0 Å². The fraction of sp³-hybridized carbons (Fsp3) is 0.462. The topological polar surface area (TPSA) is 45.6 Å². The second-order valence-electron chi connectivity index (χ2n) is 4.07. The van der Waals surface area contributed by atoms with Gasteiger partial charge in [0, 0.05) is 19.6 Å². The van der Waals surface area contributed by atoms with Gasteiger partial charge in [-0.05, 0) is 30.5 Å². The minimum atomic E-state index is 0.767. The predicted molar refractivity (Wildman–Crippen MR) is 69.4 cm³/mol. The second kappa shape index (κ2) is 6.13. The lowest BCUT2D eigenvalue weighted by molar-refractivity contribution is 0.414. The monoisotopic (exact) mass is 233 g/mol. The molecule has 4 nitrogen and oxygen atoms in total. The van der Waals surface area contributed by atoms with E-state index in [4.69, 9.17) is 4.74 Å². The maximum Gasteiger partial charge on any atom is 0.191 e. The van der Waals surface area contributed by atoms with Crippen molar-refractivity contribution in [3.05, 3.63) is 29.8 Å². The molecule has 92 valence electrons. The molecule has 0 fully saturated rings. The van der Waals surface area contributed by atoms with Crippen molar-refractivity contribution in [3.8, 4) is 5.75 Å². The van der Waals surface area contributed by atoms with E-state index in [2.05, 4.69) is 21.7 Å². The molecule has 1 aromatic rings. The third-order valence-electron chi connectivity index (χ3n) is 2.74. The summed E-state index contributed by atoms with van der Waals surface area (Å²) < 4.78 is 5.19. The van der Waals surface area contributed by atoms with Gasteiger partial charge in [0.15, 0.2) is 5.96 Å². The number of nitrogens with zero attached hydrogens (tertiary/aromatic N) is 1. The van der Waals surface area contributed by atoms with Gasteiger partial charge in [-0.3, -0.25) is 4.99 Å². The molecule has 2 N–H and O–H groups in total. The van der Waals surface area contributed by atoms with E-state index in [1.165, 1.54) is 12.0 Å². The predicted octanol–water partition coefficient (Wildman–Crippen LogP) is 1.52. The highest BCUT2D eigenvalue weighted by molar-refractivity contribution is 5.79. The fourth-order valence-electron chi connectivity index (χ4n) is 1.78. The van der Waals surface area contributed by atoms with Crippen LogP contribution < -0.4 is 15.4 Å². The lowest BCUT2D eigenvalue weighted by atomic mass is 10.2. The molecule has 1 heterocycles. The molecule has 0 amide bonds. The molecule has 0 saturated heterocycles. The van der Waals surface area contributed by atoms with Gasteiger partial charge in [0.05, 0.1) is 7.11 Å². The van der Waals surface area contributed by atoms with Crippen LogP contribution in [0.4, 0.5) is 0 Å². The van der Waals surface area contributed by atoms with Crippen LogP contribution in [0.15, 0.2) is 29.3 Å². The number of aliphatic imine (C=N–C) groups is 1. The van der Waals surface area contributed by atoms with Crippen molar-refractivity contribution in [2.24, 2.45) is 4.99 Å². The fourth-order valence-corrected chi connectivity index (χ4v) is 1.78. The number of ether oxygens (including phenoxy) is 1. The van der Waals surface area contributed by atoms with Crippen molar-refractivity contribution in [1.29, 1.82) is 0 Å². The molecule has 0 unspecified atom stereocenters. The van der Waals surface area contributed by atoms with E-state index in [9.17, 15) is 0 Å². The van der Waals surface area contributed by atoms with Crippen LogP contribution in [0.5, 0.6) is 5.75 Å². The molecular weight excluding hydrogens is 214 g/mol. The molecular formula is C13H19N3O. The van der Waals surface area contributed by atoms with Gasteiger partial charge in [-0.15, -0.1) is 0 Å². The zero-order valence-corrected chi connectivity index (χ0v) is 10.2. The molecule has 17 heavy (non-hydrogen) atoms. The molecule has 1 aliphatic heterocycles. The third kappa shape index (κ3) is 3.66. The van der Waals surface area contributed by atoms with Crippen molar-refractivity contribution in [1.82, 2.24) is 10.6 Å². The van der Waals surface area contributed by atoms with Gasteiger partial charge in [0.2, 0.25) is 0 Å². The van der Waals surface area contributed by atoms with Crippen LogP contribution in [0, 0.1) is 0 Å². The Morgan fingerprint density at radius 1 is 1.41 bits per heavy atom. The Kier molecular flexibility index (Phi) is 4.24. The van der Waals surface area contributed by atoms with Gasteiger partial charge in [-0.25, -0.2) is 0 Å². The number of hydrogen-bond donors (Lipinski definition) is 2. The Labute approximate surface area is 102 Å². The Morgan fingerprint density at radius 3 is 3.24 bits per heavy atom. The van der Waals surface area contributed by atoms with Crippen molar-refractivity contribution < 1.29 is 4.74 Å². The summed E-state index contributed by atoms with van der Waals surface area (Å²) in [6.07, 6.45) is 2.35. The van der Waals surface area contributed by atoms with Gasteiger partial charge in [-0.2, -0.15) is 0 Å². The van der Waals surface area contributed by atoms with Crippen molar-refractivity contribution in [2.45, 2.75) is 19.4 Å². The summed E-state index contributed by atoms with van der Waals surface area (Å²) in [6, 6.07) is 8.06. The summed E-state index contributed by atoms with van der Waals surface area (Å²) in [6.45, 7) is 2.68. The van der Waals surface area contributed by atoms with Crippen LogP contribution in [-0.2, 0) is 6.54 Å². The number of nitrogens with one attached hydrogen (secondary N) is 2. The van der Waals surface area contributed by atoms with E-state index in [1.807, 2.05) is 18.2 Å². The summed E-state index contributed by atoms with van der Waals surface area (Å²) >= 11 is 0. The molecule has 0 aromatic heterocycles. The lowest BCUT2D eigenvalue weighted by Crippen LogP contribution is -2.36. The van der Waals surface area contributed by atoms with E-state index >= 15 is 0 Å². The smallest absolute Gasteiger partial charge is 0.191 e. The zero-order chi connectivity index (χ0) is 11.9. The van der Waals surface area contributed by atoms with Gasteiger partial charge in [-0.1, -0.05) is 12.1 Å². The van der Waals surface area contributed by atoms with E-state index in [-0.39, 0.29) is 0 Å². The molecule has 2 rings (SSSR count). The van der Waals surface area contributed by atoms with Crippen LogP contribution in [0.25, 0.3) is 0 Å². The summed E-state index contributed by atoms with van der Waals surface area (Å²) in [5, 5.41) is 6.60. The maximum atomic E-state index is 5.19. The Balaban J connectivity index is 1.90. The second-order valence-corrected chi connectivity index (χ2v) is 4.07. The molecule has 0 aliphatic carbocycles. The summed E-state index contributed by atoms with van der Waals surface area (Å²) in [4.78, 5) is 4.44. The molecule has 0 atom stereocenters. The molecule has 0 spiro atoms. The molecule has 0 radical (unpaired) electrons. The number of methoxy groups -OCH3 is 1. The number of rotatable bonds is 3. The zero-order valence-electron chi connectivity index (χ0n) is 10.2. The first-order chi connectivity index (χ1) is 8.38. The first kappa shape index (κ1) is 11.8. The summed E-state index contributed by atoms with van der Waals surface area (Å²) in [5.41, 5.74) is 1.19. The van der Waals surface area contributed by atoms with Crippen molar-refractivity contribution in [3.63, 3.8) is 0 Å². The van der Waals surface area contributed by atoms with E-state index in [0.717, 1.165) is 37.8 Å². The lowest BCUT2D eigenvalue weighted by Gasteiger charge is -2.10. The van der Waals surface area contributed by atoms with Crippen LogP contribution in [-0.4, -0.2) is 26.2 Å². The maximum absolute atomic E-state index is 5.19. The molecule has 1 aliphatic rings. The third-order valence-corrected chi connectivity index (χ3v) is 2.74. The quantitative estimate of drug-likeness (QED) is 0.832. The SMILES string of the molecule is COc1cccc(CNC2=NCCCCN2)c1. The van der Waals surface area contributed by atoms with Crippen LogP contribution in [0.1, 0.15) is 18.4 Å². The molecule has 4 heteroatoms. The van der Waals surface area contributed by atoms with Crippen LogP contribution in [0.2, 0.25) is 0 Å². The first-order valence-corrected chi connectivity index (χ1v) is 6.03. The first-order valence-electron chi connectivity index (χ1n) is 6.03. The average molecular weight is 233 g/mol. The highest BCUT2D eigenvalue weighted by Gasteiger charge is 2.02. The summed E-state index contributed by atoms with van der Waals surface area (Å²) in [7, 11) is 1.68. The highest BCUT2D eigenvalue weighted by atomic mass is 16.5. The average Bonchev–Trinajstić information content (AvgIpc) is 2.65. The van der Waals surface area contributed by atoms with Crippen molar-refractivity contribution >= 4 is 5.96 Å². The van der Waals surface area contributed by atoms with Gasteiger partial charge in [0.1, 0.15) is 5.75 Å². The highest BCUT2D eigenvalue weighted by Crippen LogP contribution is 2.12. The number of benzene rings is 1. The molecule has 1 aromatic carbocycles. The van der Waals surface area contributed by atoms with Gasteiger partial charge < -0.3 is 15.4 Å². The standard InChI is InChI=1S/C13H19N3O/c1-17-12-6-4-5-11(9-12)10-16-13-14-7-2-3-8-15-13/h4-6,9H,2-3,7-8,10H2,1H3,(H2,14,15,16). The van der Waals surface area contributed by atoms with Gasteiger partial charge >= 0.3 is 0 Å². The summed E-state index contributed by atoms with van der Waals surface area (Å²) in [5.74, 6) is 1.80. The van der Waals surface area contributed by atoms with Crippen LogP contribution >= 0.6 is 0 Å². The largest absolute Gasteiger partial charge is 0.497 e. The Morgan fingerprint density at radius 2 is 2.35 bits per heavy atom. The molecule has 0 bridgehead atoms. The van der Waals surface area contributed by atoms with E-state index in [0.29, 0.717) is 0 Å². The minimum absolute atomic E-state index is 0.767. The van der Waals surface area contributed by atoms with Crippen LogP contribution in [0.3, 0.4) is 0 Å². The minimum Gasteiger partial charge on any atom is -0.497 e. The Hall–Kier alpha value is -1.71. The molecule has 0 saturated carbocycles. The van der Waals surface area contributed by atoms with E-state index in [1.54, 1.807) is 7.11 Å².